The topological polar surface area (TPSA) is 29.5 Å². The van der Waals surface area contributed by atoms with Gasteiger partial charge in [0.2, 0.25) is 0 Å². The molecule has 3 nitrogen and oxygen atoms in total. The van der Waals surface area contributed by atoms with Crippen molar-refractivity contribution < 1.29 is 18.3 Å². The molecule has 0 amide bonds. The fraction of sp³-hybridized carbons (Fsp3) is 0.423. The zero-order chi connectivity index (χ0) is 23.0. The van der Waals surface area contributed by atoms with Gasteiger partial charge in [-0.2, -0.15) is 0 Å². The van der Waals surface area contributed by atoms with Gasteiger partial charge in [-0.25, -0.2) is 8.78 Å². The van der Waals surface area contributed by atoms with Crippen molar-refractivity contribution in [1.82, 2.24) is 4.90 Å². The first kappa shape index (κ1) is 24.7. The molecule has 2 aromatic rings. The number of carbonyl (C=O) groups is 1. The maximum absolute atomic E-state index is 14.7. The van der Waals surface area contributed by atoms with Crippen LogP contribution in [0.2, 0.25) is 0 Å². The van der Waals surface area contributed by atoms with E-state index >= 15 is 0 Å². The summed E-state index contributed by atoms with van der Waals surface area (Å²) in [7, 11) is 3.76. The minimum atomic E-state index is -0.940. The van der Waals surface area contributed by atoms with Gasteiger partial charge >= 0.3 is 5.97 Å². The zero-order valence-corrected chi connectivity index (χ0v) is 19.2. The van der Waals surface area contributed by atoms with Gasteiger partial charge in [0.1, 0.15) is 5.75 Å². The van der Waals surface area contributed by atoms with Crippen LogP contribution in [-0.2, 0) is 11.2 Å². The molecule has 2 rings (SSSR count). The number of carbonyl (C=O) groups excluding carboxylic acids is 1. The molecular weight excluding hydrogens is 396 g/mol. The molecule has 0 fully saturated rings. The van der Waals surface area contributed by atoms with Crippen LogP contribution in [0, 0.1) is 5.41 Å². The fourth-order valence-corrected chi connectivity index (χ4v) is 3.42. The van der Waals surface area contributed by atoms with Crippen molar-refractivity contribution in [3.8, 4) is 5.75 Å². The lowest BCUT2D eigenvalue weighted by Crippen LogP contribution is -2.38. The third-order valence-corrected chi connectivity index (χ3v) is 5.05. The quantitative estimate of drug-likeness (QED) is 0.183. The van der Waals surface area contributed by atoms with E-state index in [9.17, 15) is 13.6 Å². The first-order valence-corrected chi connectivity index (χ1v) is 10.8. The Bertz CT molecular complexity index is 885. The van der Waals surface area contributed by atoms with Crippen molar-refractivity contribution in [3.05, 3.63) is 65.2 Å². The summed E-state index contributed by atoms with van der Waals surface area (Å²) in [5.41, 5.74) is 0.727. The number of nitrogens with zero attached hydrogens (tertiary/aromatic N) is 1. The van der Waals surface area contributed by atoms with Crippen molar-refractivity contribution in [2.45, 2.75) is 46.5 Å². The van der Waals surface area contributed by atoms with Gasteiger partial charge in [-0.1, -0.05) is 44.0 Å². The summed E-state index contributed by atoms with van der Waals surface area (Å²) in [6.07, 6.45) is 4.33. The van der Waals surface area contributed by atoms with Crippen LogP contribution in [0.25, 0.3) is 11.7 Å². The first-order valence-electron chi connectivity index (χ1n) is 10.8. The normalized spacial score (nSPS) is 12.6. The van der Waals surface area contributed by atoms with Crippen molar-refractivity contribution >= 4 is 17.6 Å². The maximum Gasteiger partial charge on any atom is 0.318 e. The van der Waals surface area contributed by atoms with Crippen LogP contribution < -0.4 is 4.74 Å². The largest absolute Gasteiger partial charge is 0.426 e. The first-order chi connectivity index (χ1) is 14.6. The second-order valence-corrected chi connectivity index (χ2v) is 8.82. The Morgan fingerprint density at radius 2 is 1.42 bits per heavy atom. The molecule has 0 aliphatic carbocycles. The number of rotatable bonds is 10. The molecule has 0 N–H and O–H groups in total. The van der Waals surface area contributed by atoms with Gasteiger partial charge < -0.3 is 9.64 Å². The van der Waals surface area contributed by atoms with Crippen molar-refractivity contribution in [2.24, 2.45) is 5.41 Å². The van der Waals surface area contributed by atoms with Gasteiger partial charge in [0.25, 0.3) is 0 Å². The fourth-order valence-electron chi connectivity index (χ4n) is 3.42. The van der Waals surface area contributed by atoms with Gasteiger partial charge in [0, 0.05) is 17.7 Å². The minimum Gasteiger partial charge on any atom is -0.426 e. The molecule has 0 bridgehead atoms. The number of halogens is 2. The highest BCUT2D eigenvalue weighted by Gasteiger charge is 2.30. The van der Waals surface area contributed by atoms with Crippen LogP contribution >= 0.6 is 0 Å². The molecule has 0 unspecified atom stereocenters. The summed E-state index contributed by atoms with van der Waals surface area (Å²) < 4.78 is 34.8. The third-order valence-electron chi connectivity index (χ3n) is 5.05. The van der Waals surface area contributed by atoms with Crippen LogP contribution in [0.4, 0.5) is 8.78 Å². The van der Waals surface area contributed by atoms with Crippen LogP contribution in [0.3, 0.4) is 0 Å². The molecule has 0 atom stereocenters. The van der Waals surface area contributed by atoms with E-state index in [1.807, 2.05) is 31.1 Å². The average molecular weight is 430 g/mol. The molecule has 0 heterocycles. The second kappa shape index (κ2) is 11.2. The molecule has 2 aromatic carbocycles. The van der Waals surface area contributed by atoms with Gasteiger partial charge in [-0.3, -0.25) is 4.79 Å². The Labute approximate surface area is 184 Å². The molecule has 0 aromatic heterocycles. The van der Waals surface area contributed by atoms with E-state index < -0.39 is 17.1 Å². The molecule has 0 aliphatic heterocycles. The summed E-state index contributed by atoms with van der Waals surface area (Å²) >= 11 is 0. The monoisotopic (exact) mass is 429 g/mol. The van der Waals surface area contributed by atoms with Crippen molar-refractivity contribution in [3.63, 3.8) is 0 Å². The Hall–Kier alpha value is -2.53. The number of unbranched alkanes of at least 4 members (excludes halogenated alkanes) is 2. The molecule has 168 valence electrons. The molecule has 0 aliphatic rings. The van der Waals surface area contributed by atoms with Gasteiger partial charge in [0.15, 0.2) is 11.7 Å². The van der Waals surface area contributed by atoms with E-state index in [1.165, 1.54) is 24.3 Å². The van der Waals surface area contributed by atoms with Gasteiger partial charge in [-0.15, -0.1) is 0 Å². The molecule has 5 heteroatoms. The molecular formula is C26H33F2NO2. The van der Waals surface area contributed by atoms with E-state index in [-0.39, 0.29) is 17.1 Å². The van der Waals surface area contributed by atoms with Crippen molar-refractivity contribution in [1.29, 1.82) is 0 Å². The lowest BCUT2D eigenvalue weighted by molar-refractivity contribution is -0.144. The zero-order valence-electron chi connectivity index (χ0n) is 19.2. The number of ether oxygens (including phenoxy) is 1. The van der Waals surface area contributed by atoms with E-state index in [1.54, 1.807) is 26.0 Å². The van der Waals surface area contributed by atoms with E-state index in [0.717, 1.165) is 31.2 Å². The Morgan fingerprint density at radius 3 is 1.90 bits per heavy atom. The predicted octanol–water partition coefficient (Wildman–Crippen LogP) is 6.68. The Morgan fingerprint density at radius 1 is 0.903 bits per heavy atom. The Kier molecular flexibility index (Phi) is 8.93. The summed E-state index contributed by atoms with van der Waals surface area (Å²) in [6, 6.07) is 12.7. The summed E-state index contributed by atoms with van der Waals surface area (Å²) in [5.74, 6) is -1.93. The molecule has 31 heavy (non-hydrogen) atoms. The standard InChI is InChI=1S/C26H33F2NO2/c1-6-7-8-9-19-10-12-20(13-11-19)23(27)24(28)21-14-16-22(17-15-21)31-25(30)26(2,3)18-29(4)5/h10-17H,6-9,18H2,1-5H3/b24-23+. The lowest BCUT2D eigenvalue weighted by atomic mass is 9.93. The lowest BCUT2D eigenvalue weighted by Gasteiger charge is -2.25. The maximum atomic E-state index is 14.7. The summed E-state index contributed by atoms with van der Waals surface area (Å²) in [6.45, 7) is 6.28. The van der Waals surface area contributed by atoms with E-state index in [0.29, 0.717) is 12.3 Å². The van der Waals surface area contributed by atoms with Crippen LogP contribution in [-0.4, -0.2) is 31.5 Å². The molecule has 0 saturated carbocycles. The summed E-state index contributed by atoms with van der Waals surface area (Å²) in [4.78, 5) is 14.3. The number of esters is 1. The average Bonchev–Trinajstić information content (AvgIpc) is 2.73. The third kappa shape index (κ3) is 7.28. The Balaban J connectivity index is 2.09. The number of benzene rings is 2. The highest BCUT2D eigenvalue weighted by molar-refractivity contribution is 5.83. The highest BCUT2D eigenvalue weighted by Crippen LogP contribution is 2.30. The molecule has 0 saturated heterocycles. The number of hydrogen-bond acceptors (Lipinski definition) is 3. The summed E-state index contributed by atoms with van der Waals surface area (Å²) in [5, 5.41) is 0. The molecule has 0 radical (unpaired) electrons. The smallest absolute Gasteiger partial charge is 0.318 e. The minimum absolute atomic E-state index is 0.0943. The number of hydrogen-bond donors (Lipinski definition) is 0. The second-order valence-electron chi connectivity index (χ2n) is 8.82. The van der Waals surface area contributed by atoms with E-state index in [4.69, 9.17) is 4.74 Å². The molecule has 0 spiro atoms. The van der Waals surface area contributed by atoms with Crippen LogP contribution in [0.1, 0.15) is 56.7 Å². The number of aryl methyl sites for hydroxylation is 1. The van der Waals surface area contributed by atoms with E-state index in [2.05, 4.69) is 6.92 Å². The SMILES string of the molecule is CCCCCc1ccc(/C(F)=C(\F)c2ccc(OC(=O)C(C)(C)CN(C)C)cc2)cc1. The predicted molar refractivity (Wildman–Crippen MR) is 123 cm³/mol. The van der Waals surface area contributed by atoms with Crippen LogP contribution in [0.15, 0.2) is 48.5 Å². The highest BCUT2D eigenvalue weighted by atomic mass is 19.2. The van der Waals surface area contributed by atoms with Crippen LogP contribution in [0.5, 0.6) is 5.75 Å². The van der Waals surface area contributed by atoms with Gasteiger partial charge in [-0.05, 0) is 70.6 Å². The van der Waals surface area contributed by atoms with Gasteiger partial charge in [0.05, 0.1) is 5.41 Å². The van der Waals surface area contributed by atoms with Crippen molar-refractivity contribution in [2.75, 3.05) is 20.6 Å².